The lowest BCUT2D eigenvalue weighted by atomic mass is 9.99. The largest absolute Gasteiger partial charge is 0.550 e. The van der Waals surface area contributed by atoms with E-state index < -0.39 is 40.9 Å². The van der Waals surface area contributed by atoms with E-state index in [1.165, 1.54) is 18.3 Å². The van der Waals surface area contributed by atoms with Crippen molar-refractivity contribution in [3.8, 4) is 22.5 Å². The van der Waals surface area contributed by atoms with Crippen molar-refractivity contribution in [1.29, 1.82) is 0 Å². The van der Waals surface area contributed by atoms with Crippen molar-refractivity contribution in [2.45, 2.75) is 28.9 Å². The van der Waals surface area contributed by atoms with Crippen molar-refractivity contribution in [3.05, 3.63) is 41.4 Å². The Balaban J connectivity index is 0.000000795. The molecule has 1 fully saturated rings. The summed E-state index contributed by atoms with van der Waals surface area (Å²) in [5.41, 5.74) is 1.16. The topological polar surface area (TPSA) is 218 Å². The van der Waals surface area contributed by atoms with Gasteiger partial charge in [0.15, 0.2) is 9.84 Å². The number of primary sulfonamides is 1. The quantitative estimate of drug-likeness (QED) is 0.345. The SMILES string of the molecule is CC(=O)[O-].[C-]#[N+]c1ncc(-c2ccc(S(=O)(=O)C3CNC3)c(S(N)(=O)=O)c2-c2nn[nH]n2)cc1C. The second kappa shape index (κ2) is 9.84. The number of aromatic nitrogens is 5. The number of pyridine rings is 1. The first kappa shape index (κ1) is 25.8. The van der Waals surface area contributed by atoms with Gasteiger partial charge in [-0.15, -0.1) is 15.2 Å². The highest BCUT2D eigenvalue weighted by Gasteiger charge is 2.38. The molecule has 0 aliphatic carbocycles. The molecule has 14 nitrogen and oxygen atoms in total. The number of aryl methyl sites for hydroxylation is 1. The molecule has 3 aromatic rings. The first-order valence-corrected chi connectivity index (χ1v) is 12.9. The van der Waals surface area contributed by atoms with Gasteiger partial charge in [-0.25, -0.2) is 22.0 Å². The van der Waals surface area contributed by atoms with E-state index in [2.05, 4.69) is 35.8 Å². The van der Waals surface area contributed by atoms with Crippen LogP contribution in [-0.4, -0.2) is 66.8 Å². The van der Waals surface area contributed by atoms with Gasteiger partial charge in [-0.1, -0.05) is 18.7 Å². The van der Waals surface area contributed by atoms with Crippen LogP contribution < -0.4 is 15.6 Å². The van der Waals surface area contributed by atoms with Crippen molar-refractivity contribution in [2.75, 3.05) is 13.1 Å². The lowest BCUT2D eigenvalue weighted by Crippen LogP contribution is -2.51. The van der Waals surface area contributed by atoms with Crippen molar-refractivity contribution < 1.29 is 26.7 Å². The van der Waals surface area contributed by atoms with E-state index in [1.807, 2.05) is 0 Å². The molecule has 0 saturated carbocycles. The van der Waals surface area contributed by atoms with E-state index in [9.17, 15) is 16.8 Å². The van der Waals surface area contributed by atoms with Gasteiger partial charge in [-0.3, -0.25) is 0 Å². The number of H-pyrrole nitrogens is 1. The first-order chi connectivity index (χ1) is 16.4. The number of aliphatic carboxylic acids is 1. The van der Waals surface area contributed by atoms with Gasteiger partial charge in [0.2, 0.25) is 15.8 Å². The third kappa shape index (κ3) is 5.33. The van der Waals surface area contributed by atoms with Crippen LogP contribution in [0.15, 0.2) is 34.2 Å². The molecule has 184 valence electrons. The molecule has 4 N–H and O–H groups in total. The highest BCUT2D eigenvalue weighted by molar-refractivity contribution is 7.94. The van der Waals surface area contributed by atoms with Gasteiger partial charge in [0.05, 0.1) is 15.7 Å². The number of sulfone groups is 1. The standard InChI is InChI=1S/C17H16N8O4S2.C2H4O2/c1-9-5-10(6-21-16(9)19-2)12-3-4-13(30(26,27)11-7-20-8-11)15(31(18,28)29)14(12)17-22-24-25-23-17;1-2(3)4/h3-6,11,20H,7-8H2,1H3,(H2,18,28,29)(H,22,23,24,25);1H3,(H,3,4)/p-1. The molecule has 3 heterocycles. The number of sulfonamides is 1. The summed E-state index contributed by atoms with van der Waals surface area (Å²) >= 11 is 0. The number of carbonyl (C=O) groups is 1. The molecule has 4 rings (SSSR count). The number of carboxylic acid groups (broad SMARTS) is 1. The summed E-state index contributed by atoms with van der Waals surface area (Å²) in [7, 11) is -8.55. The van der Waals surface area contributed by atoms with E-state index in [-0.39, 0.29) is 35.9 Å². The third-order valence-electron chi connectivity index (χ3n) is 4.93. The molecule has 0 bridgehead atoms. The normalized spacial score (nSPS) is 13.8. The molecular formula is C19H19N8O6S2-. The zero-order chi connectivity index (χ0) is 26.0. The Hall–Kier alpha value is -3.78. The zero-order valence-corrected chi connectivity index (χ0v) is 20.0. The summed E-state index contributed by atoms with van der Waals surface area (Å²) < 4.78 is 51.5. The van der Waals surface area contributed by atoms with Gasteiger partial charge in [0, 0.05) is 24.6 Å². The summed E-state index contributed by atoms with van der Waals surface area (Å²) in [5, 5.41) is 29.9. The maximum Gasteiger partial charge on any atom is 0.272 e. The molecule has 0 atom stereocenters. The third-order valence-corrected chi connectivity index (χ3v) is 8.22. The lowest BCUT2D eigenvalue weighted by molar-refractivity contribution is -0.302. The number of tetrazole rings is 1. The predicted molar refractivity (Wildman–Crippen MR) is 120 cm³/mol. The molecule has 1 aliphatic heterocycles. The van der Waals surface area contributed by atoms with Gasteiger partial charge in [-0.2, -0.15) is 5.21 Å². The Kier molecular flexibility index (Phi) is 7.26. The van der Waals surface area contributed by atoms with Gasteiger partial charge in [-0.05, 0) is 36.3 Å². The Bertz CT molecular complexity index is 1520. The summed E-state index contributed by atoms with van der Waals surface area (Å²) in [6.07, 6.45) is 1.39. The molecule has 0 amide bonds. The van der Waals surface area contributed by atoms with Crippen molar-refractivity contribution in [2.24, 2.45) is 5.14 Å². The maximum absolute atomic E-state index is 13.1. The minimum absolute atomic E-state index is 0.110. The van der Waals surface area contributed by atoms with Gasteiger partial charge in [0.1, 0.15) is 11.1 Å². The number of nitrogens with two attached hydrogens (primary N) is 1. The van der Waals surface area contributed by atoms with Crippen molar-refractivity contribution in [1.82, 2.24) is 30.9 Å². The molecule has 2 aromatic heterocycles. The Morgan fingerprint density at radius 3 is 2.37 bits per heavy atom. The minimum Gasteiger partial charge on any atom is -0.550 e. The minimum atomic E-state index is -4.53. The first-order valence-electron chi connectivity index (χ1n) is 9.78. The number of aromatic amines is 1. The summed E-state index contributed by atoms with van der Waals surface area (Å²) in [5.74, 6) is -1.04. The highest BCUT2D eigenvalue weighted by Crippen LogP contribution is 2.40. The van der Waals surface area contributed by atoms with Gasteiger partial charge >= 0.3 is 0 Å². The monoisotopic (exact) mass is 519 g/mol. The van der Waals surface area contributed by atoms with E-state index in [0.717, 1.165) is 6.92 Å². The zero-order valence-electron chi connectivity index (χ0n) is 18.4. The molecule has 0 spiro atoms. The summed E-state index contributed by atoms with van der Waals surface area (Å²) in [6, 6.07) is 4.30. The number of carboxylic acids is 1. The van der Waals surface area contributed by atoms with Crippen LogP contribution in [0.2, 0.25) is 0 Å². The van der Waals surface area contributed by atoms with E-state index >= 15 is 0 Å². The summed E-state index contributed by atoms with van der Waals surface area (Å²) in [4.78, 5) is 15.3. The van der Waals surface area contributed by atoms with Crippen LogP contribution in [0.3, 0.4) is 0 Å². The van der Waals surface area contributed by atoms with E-state index in [1.54, 1.807) is 13.0 Å². The van der Waals surface area contributed by atoms with Crippen LogP contribution in [0.25, 0.3) is 27.4 Å². The number of hydrogen-bond donors (Lipinski definition) is 3. The number of rotatable bonds is 5. The Morgan fingerprint density at radius 1 is 1.26 bits per heavy atom. The summed E-state index contributed by atoms with van der Waals surface area (Å²) in [6.45, 7) is 10.2. The maximum atomic E-state index is 13.1. The smallest absolute Gasteiger partial charge is 0.272 e. The molecule has 1 saturated heterocycles. The highest BCUT2D eigenvalue weighted by atomic mass is 32.2. The van der Waals surface area contributed by atoms with Crippen LogP contribution in [0, 0.1) is 13.5 Å². The van der Waals surface area contributed by atoms with Crippen LogP contribution in [0.5, 0.6) is 0 Å². The van der Waals surface area contributed by atoms with E-state index in [4.69, 9.17) is 21.6 Å². The second-order valence-electron chi connectivity index (χ2n) is 7.39. The number of carbonyl (C=O) groups excluding carboxylic acids is 1. The molecule has 1 aromatic carbocycles. The number of hydrogen-bond acceptors (Lipinski definition) is 11. The average molecular weight is 520 g/mol. The van der Waals surface area contributed by atoms with Crippen LogP contribution in [0.1, 0.15) is 12.5 Å². The molecule has 35 heavy (non-hydrogen) atoms. The van der Waals surface area contributed by atoms with Gasteiger partial charge < -0.3 is 20.1 Å². The second-order valence-corrected chi connectivity index (χ2v) is 11.1. The fourth-order valence-electron chi connectivity index (χ4n) is 3.29. The van der Waals surface area contributed by atoms with Gasteiger partial charge in [0.25, 0.3) is 5.82 Å². The lowest BCUT2D eigenvalue weighted by Gasteiger charge is -2.28. The van der Waals surface area contributed by atoms with E-state index in [0.29, 0.717) is 11.1 Å². The number of benzene rings is 1. The molecular weight excluding hydrogens is 500 g/mol. The Morgan fingerprint density at radius 2 is 1.91 bits per heavy atom. The van der Waals surface area contributed by atoms with Crippen LogP contribution >= 0.6 is 0 Å². The number of nitrogens with zero attached hydrogens (tertiary/aromatic N) is 5. The van der Waals surface area contributed by atoms with Crippen molar-refractivity contribution in [3.63, 3.8) is 0 Å². The van der Waals surface area contributed by atoms with Crippen molar-refractivity contribution >= 4 is 31.6 Å². The molecule has 1 aliphatic rings. The fraction of sp³-hybridized carbons (Fsp3) is 0.263. The molecule has 16 heteroatoms. The van der Waals surface area contributed by atoms with Crippen LogP contribution in [-0.2, 0) is 24.7 Å². The van der Waals surface area contributed by atoms with Crippen LogP contribution in [0.4, 0.5) is 5.82 Å². The Labute approximate surface area is 200 Å². The average Bonchev–Trinajstić information content (AvgIpc) is 3.24. The number of nitrogens with one attached hydrogen (secondary N) is 2. The molecule has 0 radical (unpaired) electrons. The predicted octanol–water partition coefficient (Wildman–Crippen LogP) is -1.06. The molecule has 0 unspecified atom stereocenters. The fourth-order valence-corrected chi connectivity index (χ4v) is 6.48.